The Hall–Kier alpha value is -0.670. The molecule has 1 nitrogen and oxygen atoms in total. The van der Waals surface area contributed by atoms with E-state index in [0.29, 0.717) is 5.02 Å². The van der Waals surface area contributed by atoms with E-state index in [1.807, 2.05) is 48.5 Å². The van der Waals surface area contributed by atoms with Gasteiger partial charge in [-0.25, -0.2) is 0 Å². The summed E-state index contributed by atoms with van der Waals surface area (Å²) in [4.78, 5) is 0. The number of halogens is 2. The molecule has 2 aromatic carbocycles. The van der Waals surface area contributed by atoms with Crippen LogP contribution in [0.15, 0.2) is 48.5 Å². The van der Waals surface area contributed by atoms with Gasteiger partial charge in [0.2, 0.25) is 0 Å². The molecule has 0 heterocycles. The smallest absolute Gasteiger partial charge is 0.0591 e. The minimum atomic E-state index is 0.0629. The molecule has 0 radical (unpaired) electrons. The van der Waals surface area contributed by atoms with E-state index in [2.05, 4.69) is 0 Å². The van der Waals surface area contributed by atoms with Gasteiger partial charge in [0.1, 0.15) is 0 Å². The van der Waals surface area contributed by atoms with Gasteiger partial charge in [-0.1, -0.05) is 47.5 Å². The van der Waals surface area contributed by atoms with Crippen molar-refractivity contribution in [2.45, 2.75) is 11.0 Å². The maximum Gasteiger partial charge on any atom is 0.0591 e. The Balaban J connectivity index is 1.99. The summed E-state index contributed by atoms with van der Waals surface area (Å²) in [7, 11) is 0. The summed E-state index contributed by atoms with van der Waals surface area (Å²) in [6.07, 6.45) is 0. The van der Waals surface area contributed by atoms with Crippen LogP contribution in [0.2, 0.25) is 10.0 Å². The molecule has 1 N–H and O–H groups in total. The van der Waals surface area contributed by atoms with Crippen molar-refractivity contribution in [3.8, 4) is 0 Å². The third-order valence-corrected chi connectivity index (χ3v) is 4.60. The Morgan fingerprint density at radius 2 is 1.42 bits per heavy atom. The molecule has 0 saturated carbocycles. The SMILES string of the molecule is OCC(SCc1ccc(Cl)cc1)c1ccc(Cl)cc1. The summed E-state index contributed by atoms with van der Waals surface area (Å²) in [5.41, 5.74) is 2.28. The number of aliphatic hydroxyl groups excluding tert-OH is 1. The number of benzene rings is 2. The van der Waals surface area contributed by atoms with E-state index in [1.165, 1.54) is 5.56 Å². The highest BCUT2D eigenvalue weighted by Crippen LogP contribution is 2.31. The van der Waals surface area contributed by atoms with Crippen LogP contribution in [0.1, 0.15) is 16.4 Å². The first kappa shape index (κ1) is 14.7. The van der Waals surface area contributed by atoms with Crippen molar-refractivity contribution >= 4 is 35.0 Å². The quantitative estimate of drug-likeness (QED) is 0.842. The minimum Gasteiger partial charge on any atom is -0.395 e. The molecule has 0 aromatic heterocycles. The monoisotopic (exact) mass is 312 g/mol. The molecule has 1 atom stereocenters. The predicted octanol–water partition coefficient (Wildman–Crippen LogP) is 4.96. The zero-order chi connectivity index (χ0) is 13.7. The predicted molar refractivity (Wildman–Crippen MR) is 84.0 cm³/mol. The fraction of sp³-hybridized carbons (Fsp3) is 0.200. The summed E-state index contributed by atoms with van der Waals surface area (Å²) < 4.78 is 0. The standard InChI is InChI=1S/C15H14Cl2OS/c16-13-5-1-11(2-6-13)10-19-15(9-18)12-3-7-14(17)8-4-12/h1-8,15,18H,9-10H2. The van der Waals surface area contributed by atoms with Crippen LogP contribution in [0, 0.1) is 0 Å². The van der Waals surface area contributed by atoms with Crippen LogP contribution < -0.4 is 0 Å². The highest BCUT2D eigenvalue weighted by atomic mass is 35.5. The number of hydrogen-bond donors (Lipinski definition) is 1. The van der Waals surface area contributed by atoms with Crippen LogP contribution in [-0.2, 0) is 5.75 Å². The third kappa shape index (κ3) is 4.43. The van der Waals surface area contributed by atoms with Crippen LogP contribution in [0.5, 0.6) is 0 Å². The van der Waals surface area contributed by atoms with Gasteiger partial charge in [0.05, 0.1) is 11.9 Å². The minimum absolute atomic E-state index is 0.0629. The van der Waals surface area contributed by atoms with E-state index in [4.69, 9.17) is 23.2 Å². The maximum absolute atomic E-state index is 9.50. The second kappa shape index (κ2) is 7.20. The average molecular weight is 313 g/mol. The van der Waals surface area contributed by atoms with E-state index >= 15 is 0 Å². The highest BCUT2D eigenvalue weighted by molar-refractivity contribution is 7.98. The van der Waals surface area contributed by atoms with E-state index in [0.717, 1.165) is 16.3 Å². The second-order valence-corrected chi connectivity index (χ2v) is 6.22. The molecule has 0 aliphatic rings. The zero-order valence-corrected chi connectivity index (χ0v) is 12.6. The van der Waals surface area contributed by atoms with E-state index in [1.54, 1.807) is 11.8 Å². The molecule has 0 spiro atoms. The van der Waals surface area contributed by atoms with Gasteiger partial charge in [0, 0.05) is 15.8 Å². The Morgan fingerprint density at radius 3 is 1.95 bits per heavy atom. The van der Waals surface area contributed by atoms with E-state index in [9.17, 15) is 5.11 Å². The fourth-order valence-corrected chi connectivity index (χ4v) is 3.00. The van der Waals surface area contributed by atoms with Crippen molar-refractivity contribution in [3.63, 3.8) is 0 Å². The van der Waals surface area contributed by atoms with Gasteiger partial charge in [0.15, 0.2) is 0 Å². The summed E-state index contributed by atoms with van der Waals surface area (Å²) >= 11 is 13.4. The van der Waals surface area contributed by atoms with E-state index in [-0.39, 0.29) is 11.9 Å². The molecule has 0 aliphatic heterocycles. The lowest BCUT2D eigenvalue weighted by molar-refractivity contribution is 0.296. The summed E-state index contributed by atoms with van der Waals surface area (Å²) in [6, 6.07) is 15.4. The number of hydrogen-bond acceptors (Lipinski definition) is 2. The van der Waals surface area contributed by atoms with Crippen LogP contribution in [0.25, 0.3) is 0 Å². The van der Waals surface area contributed by atoms with Crippen LogP contribution in [-0.4, -0.2) is 11.7 Å². The molecule has 4 heteroatoms. The lowest BCUT2D eigenvalue weighted by atomic mass is 10.1. The van der Waals surface area contributed by atoms with Gasteiger partial charge in [-0.3, -0.25) is 0 Å². The normalized spacial score (nSPS) is 12.4. The molecule has 2 rings (SSSR count). The van der Waals surface area contributed by atoms with Crippen molar-refractivity contribution in [2.24, 2.45) is 0 Å². The summed E-state index contributed by atoms with van der Waals surface area (Å²) in [5.74, 6) is 0.838. The van der Waals surface area contributed by atoms with Crippen molar-refractivity contribution < 1.29 is 5.11 Å². The molecule has 0 fully saturated rings. The van der Waals surface area contributed by atoms with Crippen molar-refractivity contribution in [1.82, 2.24) is 0 Å². The Morgan fingerprint density at radius 1 is 0.895 bits per heavy atom. The topological polar surface area (TPSA) is 20.2 Å². The second-order valence-electron chi connectivity index (χ2n) is 4.16. The highest BCUT2D eigenvalue weighted by Gasteiger charge is 2.11. The van der Waals surface area contributed by atoms with Gasteiger partial charge < -0.3 is 5.11 Å². The van der Waals surface area contributed by atoms with Gasteiger partial charge in [-0.15, -0.1) is 11.8 Å². The van der Waals surface area contributed by atoms with Crippen molar-refractivity contribution in [2.75, 3.05) is 6.61 Å². The Labute approximate surface area is 127 Å². The number of rotatable bonds is 5. The molecular weight excluding hydrogens is 299 g/mol. The molecule has 0 bridgehead atoms. The largest absolute Gasteiger partial charge is 0.395 e. The van der Waals surface area contributed by atoms with Crippen molar-refractivity contribution in [1.29, 1.82) is 0 Å². The Bertz CT molecular complexity index is 511. The molecule has 19 heavy (non-hydrogen) atoms. The molecule has 100 valence electrons. The summed E-state index contributed by atoms with van der Waals surface area (Å²) in [6.45, 7) is 0.111. The van der Waals surface area contributed by atoms with Crippen LogP contribution in [0.3, 0.4) is 0 Å². The van der Waals surface area contributed by atoms with Crippen molar-refractivity contribution in [3.05, 3.63) is 69.7 Å². The van der Waals surface area contributed by atoms with Crippen LogP contribution >= 0.6 is 35.0 Å². The van der Waals surface area contributed by atoms with Crippen LogP contribution in [0.4, 0.5) is 0 Å². The molecular formula is C15H14Cl2OS. The zero-order valence-electron chi connectivity index (χ0n) is 10.2. The Kier molecular flexibility index (Phi) is 5.59. The first-order valence-corrected chi connectivity index (χ1v) is 7.72. The number of thioether (sulfide) groups is 1. The first-order valence-electron chi connectivity index (χ1n) is 5.91. The maximum atomic E-state index is 9.50. The molecule has 0 amide bonds. The molecule has 0 saturated heterocycles. The molecule has 2 aromatic rings. The van der Waals surface area contributed by atoms with Gasteiger partial charge in [-0.2, -0.15) is 0 Å². The summed E-state index contributed by atoms with van der Waals surface area (Å²) in [5, 5.41) is 11.0. The lowest BCUT2D eigenvalue weighted by Gasteiger charge is -2.14. The fourth-order valence-electron chi connectivity index (χ4n) is 1.71. The van der Waals surface area contributed by atoms with E-state index < -0.39 is 0 Å². The molecule has 0 aliphatic carbocycles. The first-order chi connectivity index (χ1) is 9.19. The third-order valence-electron chi connectivity index (χ3n) is 2.77. The van der Waals surface area contributed by atoms with Gasteiger partial charge >= 0.3 is 0 Å². The van der Waals surface area contributed by atoms with Gasteiger partial charge in [0.25, 0.3) is 0 Å². The van der Waals surface area contributed by atoms with Gasteiger partial charge in [-0.05, 0) is 35.4 Å². The molecule has 1 unspecified atom stereocenters. The number of aliphatic hydroxyl groups is 1. The lowest BCUT2D eigenvalue weighted by Crippen LogP contribution is -2.00. The average Bonchev–Trinajstić information content (AvgIpc) is 2.43.